The number of β-amino-alcohol motifs (C(OH)–C–C–N with tert-alkyl or cyclic N) is 1. The molecule has 0 unspecified atom stereocenters. The van der Waals surface area contributed by atoms with E-state index in [1.807, 2.05) is 22.8 Å². The number of likely N-dealkylation sites (tertiary alicyclic amines) is 2. The predicted octanol–water partition coefficient (Wildman–Crippen LogP) is 1.55. The number of piperidine rings is 1. The predicted molar refractivity (Wildman–Crippen MR) is 112 cm³/mol. The van der Waals surface area contributed by atoms with Gasteiger partial charge < -0.3 is 14.6 Å². The molecule has 2 saturated heterocycles. The summed E-state index contributed by atoms with van der Waals surface area (Å²) in [6.07, 6.45) is 8.19. The number of hydrogen-bond acceptors (Lipinski definition) is 6. The lowest BCUT2D eigenvalue weighted by Crippen LogP contribution is -2.46. The maximum Gasteiger partial charge on any atom is 0.255 e. The first-order valence-corrected chi connectivity index (χ1v) is 10.6. The van der Waals surface area contributed by atoms with Gasteiger partial charge in [0.1, 0.15) is 5.52 Å². The molecule has 2 aliphatic rings. The number of aromatic nitrogens is 4. The van der Waals surface area contributed by atoms with Crippen LogP contribution in [0.3, 0.4) is 0 Å². The highest BCUT2D eigenvalue weighted by molar-refractivity contribution is 5.96. The summed E-state index contributed by atoms with van der Waals surface area (Å²) in [6, 6.07) is 7.62. The standard InChI is InChI=1S/C22H26N6O2/c29-20-14-27(13-19(20)26-8-4-1-5-9-26)22(30)16-10-18-21(24-11-16)28(15-25-18)12-17-6-2-3-7-23-17/h2-3,6-7,10-11,15,19-20,29H,1,4-5,8-9,12-14H2/t19-,20-/m0/s1. The fourth-order valence-corrected chi connectivity index (χ4v) is 4.57. The van der Waals surface area contributed by atoms with Crippen molar-refractivity contribution in [3.8, 4) is 0 Å². The molecule has 1 N–H and O–H groups in total. The Bertz CT molecular complexity index is 1030. The summed E-state index contributed by atoms with van der Waals surface area (Å²) in [5, 5.41) is 10.5. The lowest BCUT2D eigenvalue weighted by Gasteiger charge is -2.33. The highest BCUT2D eigenvalue weighted by Gasteiger charge is 2.38. The monoisotopic (exact) mass is 406 g/mol. The van der Waals surface area contributed by atoms with Crippen molar-refractivity contribution in [2.75, 3.05) is 26.2 Å². The molecule has 3 aromatic rings. The fraction of sp³-hybridized carbons (Fsp3) is 0.455. The molecule has 8 nitrogen and oxygen atoms in total. The molecule has 30 heavy (non-hydrogen) atoms. The summed E-state index contributed by atoms with van der Waals surface area (Å²) in [7, 11) is 0. The second-order valence-electron chi connectivity index (χ2n) is 8.20. The number of rotatable bonds is 4. The van der Waals surface area contributed by atoms with E-state index in [-0.39, 0.29) is 11.9 Å². The number of aliphatic hydroxyl groups excluding tert-OH is 1. The Kier molecular flexibility index (Phi) is 5.18. The smallest absolute Gasteiger partial charge is 0.255 e. The number of amides is 1. The summed E-state index contributed by atoms with van der Waals surface area (Å²) < 4.78 is 1.93. The Balaban J connectivity index is 1.32. The zero-order chi connectivity index (χ0) is 20.5. The van der Waals surface area contributed by atoms with E-state index in [1.54, 1.807) is 29.7 Å². The van der Waals surface area contributed by atoms with E-state index in [0.29, 0.717) is 30.7 Å². The van der Waals surface area contributed by atoms with Gasteiger partial charge in [-0.3, -0.25) is 14.7 Å². The lowest BCUT2D eigenvalue weighted by atomic mass is 10.1. The highest BCUT2D eigenvalue weighted by Crippen LogP contribution is 2.23. The number of pyridine rings is 2. The number of carbonyl (C=O) groups excluding carboxylic acids is 1. The van der Waals surface area contributed by atoms with Crippen LogP contribution in [0.2, 0.25) is 0 Å². The molecule has 5 rings (SSSR count). The van der Waals surface area contributed by atoms with Gasteiger partial charge in [0.05, 0.1) is 36.3 Å². The van der Waals surface area contributed by atoms with Crippen molar-refractivity contribution in [1.29, 1.82) is 0 Å². The van der Waals surface area contributed by atoms with Crippen LogP contribution in [0.5, 0.6) is 0 Å². The molecule has 3 aromatic heterocycles. The van der Waals surface area contributed by atoms with Gasteiger partial charge in [0.2, 0.25) is 0 Å². The van der Waals surface area contributed by atoms with Gasteiger partial charge in [0, 0.05) is 25.5 Å². The number of hydrogen-bond donors (Lipinski definition) is 1. The van der Waals surface area contributed by atoms with Gasteiger partial charge in [-0.1, -0.05) is 12.5 Å². The molecule has 5 heterocycles. The second kappa shape index (κ2) is 8.12. The Morgan fingerprint density at radius 1 is 1.10 bits per heavy atom. The van der Waals surface area contributed by atoms with Crippen LogP contribution in [0.4, 0.5) is 0 Å². The Morgan fingerprint density at radius 2 is 1.97 bits per heavy atom. The SMILES string of the molecule is O=C(c1cnc2c(c1)ncn2Cc1ccccn1)N1C[C@H](O)[C@@H](N2CCCCC2)C1. The van der Waals surface area contributed by atoms with Crippen molar-refractivity contribution < 1.29 is 9.90 Å². The van der Waals surface area contributed by atoms with Crippen LogP contribution in [0.1, 0.15) is 35.3 Å². The highest BCUT2D eigenvalue weighted by atomic mass is 16.3. The summed E-state index contributed by atoms with van der Waals surface area (Å²) in [5.74, 6) is -0.0952. The van der Waals surface area contributed by atoms with E-state index < -0.39 is 6.10 Å². The Labute approximate surface area is 175 Å². The maximum atomic E-state index is 13.1. The van der Waals surface area contributed by atoms with Crippen molar-refractivity contribution >= 4 is 17.1 Å². The van der Waals surface area contributed by atoms with E-state index in [2.05, 4.69) is 19.9 Å². The van der Waals surface area contributed by atoms with E-state index in [1.165, 1.54) is 19.3 Å². The van der Waals surface area contributed by atoms with Gasteiger partial charge >= 0.3 is 0 Å². The lowest BCUT2D eigenvalue weighted by molar-refractivity contribution is 0.0702. The van der Waals surface area contributed by atoms with Gasteiger partial charge in [0.25, 0.3) is 5.91 Å². The van der Waals surface area contributed by atoms with E-state index >= 15 is 0 Å². The minimum Gasteiger partial charge on any atom is -0.390 e. The van der Waals surface area contributed by atoms with Gasteiger partial charge in [-0.05, 0) is 44.1 Å². The van der Waals surface area contributed by atoms with Gasteiger partial charge in [-0.25, -0.2) is 9.97 Å². The van der Waals surface area contributed by atoms with Crippen molar-refractivity contribution in [3.63, 3.8) is 0 Å². The van der Waals surface area contributed by atoms with E-state index in [4.69, 9.17) is 0 Å². The fourth-order valence-electron chi connectivity index (χ4n) is 4.57. The molecule has 0 radical (unpaired) electrons. The minimum absolute atomic E-state index is 0.0310. The van der Waals surface area contributed by atoms with Crippen molar-refractivity contribution in [2.45, 2.75) is 38.0 Å². The molecule has 0 spiro atoms. The maximum absolute atomic E-state index is 13.1. The normalized spacial score (nSPS) is 22.6. The average molecular weight is 406 g/mol. The molecule has 0 aromatic carbocycles. The number of carbonyl (C=O) groups is 1. The third-order valence-electron chi connectivity index (χ3n) is 6.17. The number of fused-ring (bicyclic) bond motifs is 1. The molecular weight excluding hydrogens is 380 g/mol. The third-order valence-corrected chi connectivity index (χ3v) is 6.17. The average Bonchev–Trinajstić information content (AvgIpc) is 3.37. The molecule has 2 atom stereocenters. The van der Waals surface area contributed by atoms with Gasteiger partial charge in [-0.2, -0.15) is 0 Å². The summed E-state index contributed by atoms with van der Waals surface area (Å²) in [5.41, 5.74) is 2.85. The van der Waals surface area contributed by atoms with Crippen LogP contribution in [0.15, 0.2) is 43.0 Å². The van der Waals surface area contributed by atoms with Crippen LogP contribution in [0.25, 0.3) is 11.2 Å². The number of aliphatic hydroxyl groups is 1. The molecule has 2 aliphatic heterocycles. The molecule has 0 saturated carbocycles. The number of nitrogens with zero attached hydrogens (tertiary/aromatic N) is 6. The second-order valence-corrected chi connectivity index (χ2v) is 8.20. The zero-order valence-corrected chi connectivity index (χ0v) is 16.9. The van der Waals surface area contributed by atoms with Crippen molar-refractivity contribution in [1.82, 2.24) is 29.3 Å². The van der Waals surface area contributed by atoms with Crippen LogP contribution >= 0.6 is 0 Å². The van der Waals surface area contributed by atoms with Crippen molar-refractivity contribution in [3.05, 3.63) is 54.2 Å². The number of imidazole rings is 1. The van der Waals surface area contributed by atoms with E-state index in [9.17, 15) is 9.90 Å². The minimum atomic E-state index is -0.499. The molecule has 0 aliphatic carbocycles. The van der Waals surface area contributed by atoms with Crippen molar-refractivity contribution in [2.24, 2.45) is 0 Å². The Hall–Kier alpha value is -2.84. The van der Waals surface area contributed by atoms with Gasteiger partial charge in [-0.15, -0.1) is 0 Å². The first-order chi connectivity index (χ1) is 14.7. The molecule has 1 amide bonds. The largest absolute Gasteiger partial charge is 0.390 e. The molecule has 0 bridgehead atoms. The molecule has 156 valence electrons. The molecular formula is C22H26N6O2. The summed E-state index contributed by atoms with van der Waals surface area (Å²) in [4.78, 5) is 30.4. The summed E-state index contributed by atoms with van der Waals surface area (Å²) >= 11 is 0. The third kappa shape index (κ3) is 3.68. The van der Waals surface area contributed by atoms with E-state index in [0.717, 1.165) is 24.4 Å². The first kappa shape index (κ1) is 19.1. The van der Waals surface area contributed by atoms with Crippen LogP contribution < -0.4 is 0 Å². The molecule has 8 heteroatoms. The summed E-state index contributed by atoms with van der Waals surface area (Å²) in [6.45, 7) is 3.52. The van der Waals surface area contributed by atoms with Crippen LogP contribution in [0, 0.1) is 0 Å². The van der Waals surface area contributed by atoms with Crippen LogP contribution in [-0.2, 0) is 6.54 Å². The topological polar surface area (TPSA) is 87.4 Å². The molecule has 2 fully saturated rings. The van der Waals surface area contributed by atoms with Crippen LogP contribution in [-0.4, -0.2) is 78.7 Å². The Morgan fingerprint density at radius 3 is 2.77 bits per heavy atom. The quantitative estimate of drug-likeness (QED) is 0.707. The first-order valence-electron chi connectivity index (χ1n) is 10.6. The van der Waals surface area contributed by atoms with Gasteiger partial charge in [0.15, 0.2) is 5.65 Å². The zero-order valence-electron chi connectivity index (χ0n) is 16.9.